The molecule has 4 heteroatoms. The minimum absolute atomic E-state index is 0.0481. The normalized spacial score (nSPS) is 11.6. The van der Waals surface area contributed by atoms with Crippen LogP contribution in [0.2, 0.25) is 0 Å². The quantitative estimate of drug-likeness (QED) is 0.810. The van der Waals surface area contributed by atoms with E-state index in [1.165, 1.54) is 5.56 Å². The summed E-state index contributed by atoms with van der Waals surface area (Å²) in [5, 5.41) is 11.5. The molecule has 0 bridgehead atoms. The maximum absolute atomic E-state index is 11.8. The highest BCUT2D eigenvalue weighted by atomic mass is 16.4. The van der Waals surface area contributed by atoms with Crippen molar-refractivity contribution in [3.05, 3.63) is 41.5 Å². The number of rotatable bonds is 7. The Labute approximate surface area is 125 Å². The highest BCUT2D eigenvalue weighted by Crippen LogP contribution is 2.12. The summed E-state index contributed by atoms with van der Waals surface area (Å²) in [5.41, 5.74) is 1.75. The molecule has 0 heterocycles. The lowest BCUT2D eigenvalue weighted by molar-refractivity contribution is -0.137. The molecule has 4 nitrogen and oxygen atoms in total. The van der Waals surface area contributed by atoms with Crippen LogP contribution in [0.4, 0.5) is 0 Å². The highest BCUT2D eigenvalue weighted by Gasteiger charge is 2.20. The van der Waals surface area contributed by atoms with Crippen molar-refractivity contribution in [2.75, 3.05) is 0 Å². The van der Waals surface area contributed by atoms with E-state index in [1.807, 2.05) is 57.2 Å². The Hall–Kier alpha value is -2.10. The fourth-order valence-corrected chi connectivity index (χ4v) is 1.89. The molecule has 0 fully saturated rings. The second-order valence-electron chi connectivity index (χ2n) is 5.84. The molecule has 0 saturated carbocycles. The fraction of sp³-hybridized carbons (Fsp3) is 0.412. The van der Waals surface area contributed by atoms with Crippen LogP contribution in [0, 0.1) is 6.92 Å². The molecular weight excluding hydrogens is 266 g/mol. The van der Waals surface area contributed by atoms with Gasteiger partial charge < -0.3 is 10.4 Å². The molecule has 0 spiro atoms. The summed E-state index contributed by atoms with van der Waals surface area (Å²) in [6, 6.07) is 8.05. The summed E-state index contributed by atoms with van der Waals surface area (Å²) in [7, 11) is 0. The zero-order valence-electron chi connectivity index (χ0n) is 12.8. The van der Waals surface area contributed by atoms with Crippen LogP contribution in [0.25, 0.3) is 6.08 Å². The van der Waals surface area contributed by atoms with Crippen molar-refractivity contribution in [3.63, 3.8) is 0 Å². The number of nitrogens with one attached hydrogen (secondary N) is 1. The largest absolute Gasteiger partial charge is 0.481 e. The van der Waals surface area contributed by atoms with Crippen LogP contribution >= 0.6 is 0 Å². The molecule has 0 aliphatic carbocycles. The zero-order valence-corrected chi connectivity index (χ0v) is 12.8. The van der Waals surface area contributed by atoms with Crippen LogP contribution in [-0.2, 0) is 9.59 Å². The lowest BCUT2D eigenvalue weighted by atomic mass is 9.98. The van der Waals surface area contributed by atoms with Crippen molar-refractivity contribution in [1.29, 1.82) is 0 Å². The highest BCUT2D eigenvalue weighted by molar-refractivity contribution is 5.79. The van der Waals surface area contributed by atoms with Crippen LogP contribution in [0.5, 0.6) is 0 Å². The number of carbonyl (C=O) groups excluding carboxylic acids is 1. The smallest absolute Gasteiger partial charge is 0.303 e. The Morgan fingerprint density at radius 3 is 2.43 bits per heavy atom. The van der Waals surface area contributed by atoms with Gasteiger partial charge in [-0.05, 0) is 32.8 Å². The average Bonchev–Trinajstić information content (AvgIpc) is 2.38. The van der Waals surface area contributed by atoms with Gasteiger partial charge in [-0.15, -0.1) is 0 Å². The van der Waals surface area contributed by atoms with E-state index in [0.717, 1.165) is 5.56 Å². The third kappa shape index (κ3) is 7.30. The lowest BCUT2D eigenvalue weighted by Crippen LogP contribution is -2.43. The number of carboxylic acid groups (broad SMARTS) is 1. The van der Waals surface area contributed by atoms with Crippen molar-refractivity contribution >= 4 is 18.0 Å². The molecule has 2 N–H and O–H groups in total. The van der Waals surface area contributed by atoms with Gasteiger partial charge in [-0.1, -0.05) is 42.0 Å². The Kier molecular flexibility index (Phi) is 6.15. The molecule has 0 aromatic heterocycles. The number of carbonyl (C=O) groups is 2. The molecule has 0 aliphatic heterocycles. The number of hydrogen-bond acceptors (Lipinski definition) is 2. The zero-order chi connectivity index (χ0) is 15.9. The Balaban J connectivity index is 2.42. The second-order valence-corrected chi connectivity index (χ2v) is 5.84. The minimum Gasteiger partial charge on any atom is -0.481 e. The van der Waals surface area contributed by atoms with Gasteiger partial charge in [0.25, 0.3) is 0 Å². The first-order chi connectivity index (χ1) is 9.78. The van der Waals surface area contributed by atoms with E-state index in [2.05, 4.69) is 5.32 Å². The second kappa shape index (κ2) is 7.62. The number of amides is 1. The number of carboxylic acids is 1. The van der Waals surface area contributed by atoms with Crippen molar-refractivity contribution in [2.45, 2.75) is 45.6 Å². The van der Waals surface area contributed by atoms with Gasteiger partial charge in [0.1, 0.15) is 0 Å². The third-order valence-corrected chi connectivity index (χ3v) is 3.13. The van der Waals surface area contributed by atoms with Crippen molar-refractivity contribution in [2.24, 2.45) is 0 Å². The van der Waals surface area contributed by atoms with Crippen molar-refractivity contribution in [1.82, 2.24) is 5.32 Å². The predicted octanol–water partition coefficient (Wildman–Crippen LogP) is 3.16. The number of aliphatic carboxylic acids is 1. The van der Waals surface area contributed by atoms with Gasteiger partial charge in [0.05, 0.1) is 0 Å². The van der Waals surface area contributed by atoms with Crippen molar-refractivity contribution in [3.8, 4) is 0 Å². The SMILES string of the molecule is Cc1ccc(/C=C/CC(=O)NC(C)(C)CCC(=O)O)cc1. The third-order valence-electron chi connectivity index (χ3n) is 3.13. The van der Waals surface area contributed by atoms with Gasteiger partial charge in [-0.25, -0.2) is 0 Å². The summed E-state index contributed by atoms with van der Waals surface area (Å²) in [4.78, 5) is 22.4. The standard InChI is InChI=1S/C17H23NO3/c1-13-7-9-14(10-8-13)5-4-6-15(19)18-17(2,3)12-11-16(20)21/h4-5,7-10H,6,11-12H2,1-3H3,(H,18,19)(H,20,21)/b5-4+. The van der Waals surface area contributed by atoms with Gasteiger partial charge in [0.2, 0.25) is 5.91 Å². The number of hydrogen-bond donors (Lipinski definition) is 2. The van der Waals surface area contributed by atoms with Crippen LogP contribution < -0.4 is 5.32 Å². The van der Waals surface area contributed by atoms with Crippen LogP contribution in [-0.4, -0.2) is 22.5 Å². The number of benzene rings is 1. The molecule has 21 heavy (non-hydrogen) atoms. The molecule has 0 unspecified atom stereocenters. The van der Waals surface area contributed by atoms with Gasteiger partial charge in [-0.3, -0.25) is 9.59 Å². The molecular formula is C17H23NO3. The Morgan fingerprint density at radius 1 is 1.24 bits per heavy atom. The summed E-state index contributed by atoms with van der Waals surface area (Å²) < 4.78 is 0. The van der Waals surface area contributed by atoms with E-state index in [1.54, 1.807) is 0 Å². The van der Waals surface area contributed by atoms with Crippen molar-refractivity contribution < 1.29 is 14.7 Å². The molecule has 0 radical (unpaired) electrons. The van der Waals surface area contributed by atoms with Crippen LogP contribution in [0.1, 0.15) is 44.2 Å². The predicted molar refractivity (Wildman–Crippen MR) is 83.9 cm³/mol. The fourth-order valence-electron chi connectivity index (χ4n) is 1.89. The first-order valence-corrected chi connectivity index (χ1v) is 7.04. The molecule has 1 amide bonds. The summed E-state index contributed by atoms with van der Waals surface area (Å²) in [6.07, 6.45) is 4.46. The average molecular weight is 289 g/mol. The monoisotopic (exact) mass is 289 g/mol. The maximum atomic E-state index is 11.8. The van der Waals surface area contributed by atoms with E-state index >= 15 is 0 Å². The Morgan fingerprint density at radius 2 is 1.86 bits per heavy atom. The van der Waals surface area contributed by atoms with Gasteiger partial charge in [0, 0.05) is 18.4 Å². The molecule has 1 rings (SSSR count). The summed E-state index contributed by atoms with van der Waals surface area (Å²) >= 11 is 0. The molecule has 1 aromatic carbocycles. The molecule has 0 atom stereocenters. The van der Waals surface area contributed by atoms with E-state index in [9.17, 15) is 9.59 Å². The van der Waals surface area contributed by atoms with Gasteiger partial charge >= 0.3 is 5.97 Å². The first kappa shape index (κ1) is 17.0. The molecule has 1 aromatic rings. The van der Waals surface area contributed by atoms with Gasteiger partial charge in [-0.2, -0.15) is 0 Å². The summed E-state index contributed by atoms with van der Waals surface area (Å²) in [6.45, 7) is 5.69. The van der Waals surface area contributed by atoms with E-state index in [4.69, 9.17) is 5.11 Å². The molecule has 0 saturated heterocycles. The molecule has 0 aliphatic rings. The van der Waals surface area contributed by atoms with Crippen LogP contribution in [0.15, 0.2) is 30.3 Å². The summed E-state index contributed by atoms with van der Waals surface area (Å²) in [5.74, 6) is -0.953. The first-order valence-electron chi connectivity index (χ1n) is 7.04. The van der Waals surface area contributed by atoms with Crippen LogP contribution in [0.3, 0.4) is 0 Å². The topological polar surface area (TPSA) is 66.4 Å². The van der Waals surface area contributed by atoms with E-state index in [0.29, 0.717) is 6.42 Å². The maximum Gasteiger partial charge on any atom is 0.303 e. The van der Waals surface area contributed by atoms with E-state index in [-0.39, 0.29) is 18.7 Å². The minimum atomic E-state index is -0.850. The number of aryl methyl sites for hydroxylation is 1. The Bertz CT molecular complexity index is 515. The molecule has 114 valence electrons. The van der Waals surface area contributed by atoms with Gasteiger partial charge in [0.15, 0.2) is 0 Å². The van der Waals surface area contributed by atoms with E-state index < -0.39 is 11.5 Å². The lowest BCUT2D eigenvalue weighted by Gasteiger charge is -2.25.